The van der Waals surface area contributed by atoms with Crippen LogP contribution in [0.25, 0.3) is 22.3 Å². The molecular weight excluding hydrogens is 316 g/mol. The quantitative estimate of drug-likeness (QED) is 0.604. The number of hydrogen-bond donors (Lipinski definition) is 1. The molecule has 5 nitrogen and oxygen atoms in total. The average Bonchev–Trinajstić information content (AvgIpc) is 3.29. The van der Waals surface area contributed by atoms with Crippen LogP contribution in [0.4, 0.5) is 0 Å². The van der Waals surface area contributed by atoms with Crippen molar-refractivity contribution in [2.45, 2.75) is 13.5 Å². The molecule has 0 aliphatic carbocycles. The zero-order chi connectivity index (χ0) is 17.2. The van der Waals surface area contributed by atoms with Gasteiger partial charge in [-0.3, -0.25) is 4.79 Å². The number of aromatic nitrogens is 1. The Morgan fingerprint density at radius 3 is 2.76 bits per heavy atom. The van der Waals surface area contributed by atoms with Gasteiger partial charge in [-0.1, -0.05) is 47.6 Å². The van der Waals surface area contributed by atoms with E-state index in [1.807, 2.05) is 24.3 Å². The fourth-order valence-electron chi connectivity index (χ4n) is 2.92. The van der Waals surface area contributed by atoms with E-state index in [0.717, 1.165) is 16.3 Å². The van der Waals surface area contributed by atoms with Crippen molar-refractivity contribution in [2.24, 2.45) is 0 Å². The second-order valence-electron chi connectivity index (χ2n) is 5.77. The minimum absolute atomic E-state index is 0.238. The molecule has 1 amide bonds. The molecule has 0 aliphatic rings. The van der Waals surface area contributed by atoms with Gasteiger partial charge in [0.1, 0.15) is 5.56 Å². The summed E-state index contributed by atoms with van der Waals surface area (Å²) in [5.74, 6) is 0.590. The van der Waals surface area contributed by atoms with Gasteiger partial charge in [0, 0.05) is 6.54 Å². The van der Waals surface area contributed by atoms with Crippen molar-refractivity contribution in [3.8, 4) is 11.5 Å². The molecule has 0 spiro atoms. The van der Waals surface area contributed by atoms with Crippen LogP contribution in [0.5, 0.6) is 0 Å². The molecule has 4 aromatic rings. The first-order chi connectivity index (χ1) is 12.2. The maximum absolute atomic E-state index is 12.7. The summed E-state index contributed by atoms with van der Waals surface area (Å²) in [4.78, 5) is 12.7. The van der Waals surface area contributed by atoms with E-state index in [1.54, 1.807) is 19.1 Å². The second-order valence-corrected chi connectivity index (χ2v) is 5.77. The predicted octanol–water partition coefficient (Wildman–Crippen LogP) is 4.33. The molecule has 0 unspecified atom stereocenters. The van der Waals surface area contributed by atoms with Gasteiger partial charge in [0.2, 0.25) is 5.76 Å². The molecule has 2 heterocycles. The van der Waals surface area contributed by atoms with E-state index in [1.165, 1.54) is 6.26 Å². The lowest BCUT2D eigenvalue weighted by Crippen LogP contribution is -2.23. The van der Waals surface area contributed by atoms with E-state index in [0.29, 0.717) is 29.3 Å². The average molecular weight is 332 g/mol. The zero-order valence-electron chi connectivity index (χ0n) is 13.7. The number of fused-ring (bicyclic) bond motifs is 1. The van der Waals surface area contributed by atoms with Crippen LogP contribution >= 0.6 is 0 Å². The highest BCUT2D eigenvalue weighted by molar-refractivity contribution is 6.00. The highest BCUT2D eigenvalue weighted by Gasteiger charge is 2.23. The van der Waals surface area contributed by atoms with E-state index in [4.69, 9.17) is 8.94 Å². The Hall–Kier alpha value is -3.34. The van der Waals surface area contributed by atoms with Gasteiger partial charge in [-0.25, -0.2) is 0 Å². The fourth-order valence-corrected chi connectivity index (χ4v) is 2.92. The van der Waals surface area contributed by atoms with Gasteiger partial charge in [0.05, 0.1) is 12.0 Å². The number of rotatable bonds is 4. The van der Waals surface area contributed by atoms with E-state index >= 15 is 0 Å². The summed E-state index contributed by atoms with van der Waals surface area (Å²) in [6, 6.07) is 17.6. The Morgan fingerprint density at radius 1 is 1.08 bits per heavy atom. The molecule has 1 N–H and O–H groups in total. The normalized spacial score (nSPS) is 10.9. The van der Waals surface area contributed by atoms with Crippen molar-refractivity contribution in [1.82, 2.24) is 10.5 Å². The fraction of sp³-hybridized carbons (Fsp3) is 0.100. The van der Waals surface area contributed by atoms with Crippen LogP contribution in [0.1, 0.15) is 21.6 Å². The van der Waals surface area contributed by atoms with Gasteiger partial charge in [0.25, 0.3) is 5.91 Å². The summed E-state index contributed by atoms with van der Waals surface area (Å²) >= 11 is 0. The number of nitrogens with zero attached hydrogens (tertiary/aromatic N) is 1. The summed E-state index contributed by atoms with van der Waals surface area (Å²) < 4.78 is 10.6. The molecule has 124 valence electrons. The Balaban J connectivity index is 1.60. The summed E-state index contributed by atoms with van der Waals surface area (Å²) in [5, 5.41) is 9.13. The third-order valence-corrected chi connectivity index (χ3v) is 4.15. The second kappa shape index (κ2) is 6.28. The SMILES string of the molecule is Cc1noc(-c2ccco2)c1C(=O)NCc1cccc2ccccc12. The first-order valence-corrected chi connectivity index (χ1v) is 7.99. The molecule has 0 aliphatic heterocycles. The Kier molecular flexibility index (Phi) is 3.82. The molecule has 0 bridgehead atoms. The molecular formula is C20H16N2O3. The van der Waals surface area contributed by atoms with E-state index in [2.05, 4.69) is 28.7 Å². The van der Waals surface area contributed by atoms with Crippen molar-refractivity contribution < 1.29 is 13.7 Å². The molecule has 0 saturated carbocycles. The highest BCUT2D eigenvalue weighted by Crippen LogP contribution is 2.26. The Bertz CT molecular complexity index is 1030. The first-order valence-electron chi connectivity index (χ1n) is 7.99. The zero-order valence-corrected chi connectivity index (χ0v) is 13.7. The number of furan rings is 1. The summed E-state index contributed by atoms with van der Waals surface area (Å²) in [6.07, 6.45) is 1.53. The molecule has 0 saturated heterocycles. The van der Waals surface area contributed by atoms with E-state index < -0.39 is 0 Å². The molecule has 0 atom stereocenters. The standard InChI is InChI=1S/C20H16N2O3/c1-13-18(19(25-22-13)17-10-5-11-24-17)20(23)21-12-15-8-4-7-14-6-2-3-9-16(14)15/h2-11H,12H2,1H3,(H,21,23). The summed E-state index contributed by atoms with van der Waals surface area (Å²) in [7, 11) is 0. The molecule has 2 aromatic heterocycles. The van der Waals surface area contributed by atoms with E-state index in [-0.39, 0.29) is 5.91 Å². The van der Waals surface area contributed by atoms with Crippen molar-refractivity contribution in [2.75, 3.05) is 0 Å². The third kappa shape index (κ3) is 2.80. The molecule has 0 radical (unpaired) electrons. The largest absolute Gasteiger partial charge is 0.461 e. The van der Waals surface area contributed by atoms with Crippen LogP contribution in [0.3, 0.4) is 0 Å². The van der Waals surface area contributed by atoms with Gasteiger partial charge in [-0.05, 0) is 35.4 Å². The Morgan fingerprint density at radius 2 is 1.92 bits per heavy atom. The molecule has 5 heteroatoms. The number of carbonyl (C=O) groups is 1. The molecule has 0 fully saturated rings. The van der Waals surface area contributed by atoms with Crippen molar-refractivity contribution in [3.05, 3.63) is 77.7 Å². The molecule has 4 rings (SSSR count). The van der Waals surface area contributed by atoms with Crippen LogP contribution in [0.2, 0.25) is 0 Å². The van der Waals surface area contributed by atoms with Gasteiger partial charge in [-0.2, -0.15) is 0 Å². The topological polar surface area (TPSA) is 68.3 Å². The minimum Gasteiger partial charge on any atom is -0.461 e. The van der Waals surface area contributed by atoms with Gasteiger partial charge >= 0.3 is 0 Å². The van der Waals surface area contributed by atoms with Crippen LogP contribution in [-0.4, -0.2) is 11.1 Å². The lowest BCUT2D eigenvalue weighted by atomic mass is 10.0. The minimum atomic E-state index is -0.238. The number of aryl methyl sites for hydroxylation is 1. The smallest absolute Gasteiger partial charge is 0.257 e. The molecule has 2 aromatic carbocycles. The van der Waals surface area contributed by atoms with Crippen LogP contribution < -0.4 is 5.32 Å². The maximum Gasteiger partial charge on any atom is 0.257 e. The van der Waals surface area contributed by atoms with Gasteiger partial charge < -0.3 is 14.3 Å². The number of carbonyl (C=O) groups excluding carboxylic acids is 1. The van der Waals surface area contributed by atoms with Crippen molar-refractivity contribution in [1.29, 1.82) is 0 Å². The van der Waals surface area contributed by atoms with Gasteiger partial charge in [-0.15, -0.1) is 0 Å². The number of benzene rings is 2. The maximum atomic E-state index is 12.7. The first kappa shape index (κ1) is 15.2. The van der Waals surface area contributed by atoms with Crippen LogP contribution in [0.15, 0.2) is 69.8 Å². The number of amides is 1. The lowest BCUT2D eigenvalue weighted by molar-refractivity contribution is 0.0950. The number of hydrogen-bond acceptors (Lipinski definition) is 4. The predicted molar refractivity (Wildman–Crippen MR) is 94.1 cm³/mol. The number of nitrogens with one attached hydrogen (secondary N) is 1. The van der Waals surface area contributed by atoms with Crippen LogP contribution in [-0.2, 0) is 6.54 Å². The van der Waals surface area contributed by atoms with Crippen molar-refractivity contribution in [3.63, 3.8) is 0 Å². The molecule has 25 heavy (non-hydrogen) atoms. The van der Waals surface area contributed by atoms with E-state index in [9.17, 15) is 4.79 Å². The Labute approximate surface area is 144 Å². The summed E-state index contributed by atoms with van der Waals surface area (Å²) in [6.45, 7) is 2.16. The monoisotopic (exact) mass is 332 g/mol. The lowest BCUT2D eigenvalue weighted by Gasteiger charge is -2.08. The van der Waals surface area contributed by atoms with Crippen molar-refractivity contribution >= 4 is 16.7 Å². The van der Waals surface area contributed by atoms with Crippen LogP contribution in [0, 0.1) is 6.92 Å². The summed E-state index contributed by atoms with van der Waals surface area (Å²) in [5.41, 5.74) is 1.98. The van der Waals surface area contributed by atoms with Gasteiger partial charge in [0.15, 0.2) is 5.76 Å². The highest BCUT2D eigenvalue weighted by atomic mass is 16.5. The third-order valence-electron chi connectivity index (χ3n) is 4.15.